The van der Waals surface area contributed by atoms with Gasteiger partial charge in [-0.25, -0.2) is 0 Å². The van der Waals surface area contributed by atoms with E-state index in [1.165, 1.54) is 6.42 Å². The molecule has 0 spiro atoms. The molecule has 0 aromatic rings. The summed E-state index contributed by atoms with van der Waals surface area (Å²) in [5, 5.41) is 0. The SMILES string of the molecule is CCCC1COC(C)(C)O1. The number of rotatable bonds is 2. The van der Waals surface area contributed by atoms with Crippen molar-refractivity contribution in [2.75, 3.05) is 6.61 Å². The van der Waals surface area contributed by atoms with Gasteiger partial charge in [0.25, 0.3) is 0 Å². The Morgan fingerprint density at radius 3 is 2.60 bits per heavy atom. The highest BCUT2D eigenvalue weighted by Gasteiger charge is 2.31. The molecule has 1 rings (SSSR count). The Morgan fingerprint density at radius 1 is 1.50 bits per heavy atom. The number of hydrogen-bond donors (Lipinski definition) is 0. The molecule has 2 nitrogen and oxygen atoms in total. The first kappa shape index (κ1) is 8.02. The molecule has 1 fully saturated rings. The third kappa shape index (κ3) is 1.96. The molecule has 0 aliphatic carbocycles. The highest BCUT2D eigenvalue weighted by Crippen LogP contribution is 2.24. The van der Waals surface area contributed by atoms with Crippen LogP contribution in [-0.2, 0) is 9.47 Å². The quantitative estimate of drug-likeness (QED) is 0.589. The minimum atomic E-state index is -0.333. The van der Waals surface area contributed by atoms with Crippen molar-refractivity contribution in [3.63, 3.8) is 0 Å². The summed E-state index contributed by atoms with van der Waals surface area (Å²) in [6, 6.07) is 0. The highest BCUT2D eigenvalue weighted by molar-refractivity contribution is 4.69. The van der Waals surface area contributed by atoms with Gasteiger partial charge in [0.2, 0.25) is 0 Å². The topological polar surface area (TPSA) is 18.5 Å². The van der Waals surface area contributed by atoms with Gasteiger partial charge in [-0.2, -0.15) is 0 Å². The molecule has 0 aromatic carbocycles. The summed E-state index contributed by atoms with van der Waals surface area (Å²) in [5.74, 6) is -0.333. The van der Waals surface area contributed by atoms with Crippen molar-refractivity contribution in [1.29, 1.82) is 0 Å². The van der Waals surface area contributed by atoms with Crippen molar-refractivity contribution >= 4 is 0 Å². The van der Waals surface area contributed by atoms with Crippen LogP contribution in [0.4, 0.5) is 0 Å². The first-order chi connectivity index (χ1) is 4.64. The first-order valence-electron chi connectivity index (χ1n) is 3.96. The van der Waals surface area contributed by atoms with Gasteiger partial charge in [0, 0.05) is 0 Å². The molecule has 0 saturated carbocycles. The molecule has 1 atom stereocenters. The average molecular weight is 144 g/mol. The van der Waals surface area contributed by atoms with Crippen LogP contribution in [0.3, 0.4) is 0 Å². The Labute approximate surface area is 62.5 Å². The van der Waals surface area contributed by atoms with E-state index in [0.29, 0.717) is 6.10 Å². The van der Waals surface area contributed by atoms with Gasteiger partial charge in [-0.15, -0.1) is 0 Å². The van der Waals surface area contributed by atoms with Gasteiger partial charge in [0.05, 0.1) is 12.7 Å². The fraction of sp³-hybridized carbons (Fsp3) is 1.00. The summed E-state index contributed by atoms with van der Waals surface area (Å²) in [6.07, 6.45) is 2.62. The van der Waals surface area contributed by atoms with Crippen molar-refractivity contribution < 1.29 is 9.47 Å². The third-order valence-corrected chi connectivity index (χ3v) is 1.68. The van der Waals surface area contributed by atoms with E-state index in [-0.39, 0.29) is 5.79 Å². The lowest BCUT2D eigenvalue weighted by Gasteiger charge is -2.16. The molecule has 0 aromatic heterocycles. The zero-order valence-corrected chi connectivity index (χ0v) is 7.02. The van der Waals surface area contributed by atoms with Crippen molar-refractivity contribution in [2.24, 2.45) is 0 Å². The maximum Gasteiger partial charge on any atom is 0.163 e. The molecular weight excluding hydrogens is 128 g/mol. The second kappa shape index (κ2) is 2.89. The van der Waals surface area contributed by atoms with Crippen LogP contribution in [0.15, 0.2) is 0 Å². The molecule has 2 heteroatoms. The van der Waals surface area contributed by atoms with Crippen molar-refractivity contribution in [2.45, 2.75) is 45.5 Å². The fourth-order valence-electron chi connectivity index (χ4n) is 1.23. The van der Waals surface area contributed by atoms with Gasteiger partial charge in [0.15, 0.2) is 5.79 Å². The van der Waals surface area contributed by atoms with Gasteiger partial charge in [-0.3, -0.25) is 0 Å². The summed E-state index contributed by atoms with van der Waals surface area (Å²) in [6.45, 7) is 6.85. The van der Waals surface area contributed by atoms with Gasteiger partial charge in [-0.1, -0.05) is 13.3 Å². The first-order valence-corrected chi connectivity index (χ1v) is 3.96. The molecule has 0 amide bonds. The average Bonchev–Trinajstić information content (AvgIpc) is 2.12. The normalized spacial score (nSPS) is 30.9. The van der Waals surface area contributed by atoms with Gasteiger partial charge < -0.3 is 9.47 Å². The summed E-state index contributed by atoms with van der Waals surface area (Å²) >= 11 is 0. The molecule has 1 heterocycles. The lowest BCUT2D eigenvalue weighted by molar-refractivity contribution is -0.138. The Kier molecular flexibility index (Phi) is 2.32. The number of hydrogen-bond acceptors (Lipinski definition) is 2. The smallest absolute Gasteiger partial charge is 0.163 e. The van der Waals surface area contributed by atoms with Crippen LogP contribution >= 0.6 is 0 Å². The van der Waals surface area contributed by atoms with Crippen molar-refractivity contribution in [3.05, 3.63) is 0 Å². The maximum atomic E-state index is 5.57. The predicted octanol–water partition coefficient (Wildman–Crippen LogP) is 1.94. The summed E-state index contributed by atoms with van der Waals surface area (Å²) in [7, 11) is 0. The van der Waals surface area contributed by atoms with Gasteiger partial charge in [0.1, 0.15) is 0 Å². The Morgan fingerprint density at radius 2 is 2.20 bits per heavy atom. The Bertz CT molecular complexity index is 110. The van der Waals surface area contributed by atoms with E-state index in [1.807, 2.05) is 13.8 Å². The van der Waals surface area contributed by atoms with E-state index in [2.05, 4.69) is 6.92 Å². The van der Waals surface area contributed by atoms with Crippen LogP contribution in [0.1, 0.15) is 33.6 Å². The minimum Gasteiger partial charge on any atom is -0.348 e. The molecule has 1 aliphatic rings. The van der Waals surface area contributed by atoms with Crippen LogP contribution in [0, 0.1) is 0 Å². The van der Waals surface area contributed by atoms with Gasteiger partial charge >= 0.3 is 0 Å². The van der Waals surface area contributed by atoms with Crippen LogP contribution in [0.5, 0.6) is 0 Å². The minimum absolute atomic E-state index is 0.333. The predicted molar refractivity (Wildman–Crippen MR) is 39.8 cm³/mol. The molecule has 60 valence electrons. The zero-order chi connectivity index (χ0) is 7.61. The molecule has 0 bridgehead atoms. The van der Waals surface area contributed by atoms with E-state index in [0.717, 1.165) is 13.0 Å². The highest BCUT2D eigenvalue weighted by atomic mass is 16.7. The fourth-order valence-corrected chi connectivity index (χ4v) is 1.23. The second-order valence-corrected chi connectivity index (χ2v) is 3.24. The molecule has 0 radical (unpaired) electrons. The van der Waals surface area contributed by atoms with Crippen LogP contribution in [0.25, 0.3) is 0 Å². The lowest BCUT2D eigenvalue weighted by Crippen LogP contribution is -2.21. The van der Waals surface area contributed by atoms with E-state index < -0.39 is 0 Å². The van der Waals surface area contributed by atoms with Gasteiger partial charge in [-0.05, 0) is 20.3 Å². The molecule has 0 N–H and O–H groups in total. The van der Waals surface area contributed by atoms with Crippen molar-refractivity contribution in [3.8, 4) is 0 Å². The van der Waals surface area contributed by atoms with Crippen LogP contribution < -0.4 is 0 Å². The van der Waals surface area contributed by atoms with Crippen LogP contribution in [-0.4, -0.2) is 18.5 Å². The third-order valence-electron chi connectivity index (χ3n) is 1.68. The van der Waals surface area contributed by atoms with Crippen LogP contribution in [0.2, 0.25) is 0 Å². The summed E-state index contributed by atoms with van der Waals surface area (Å²) in [5.41, 5.74) is 0. The molecule has 1 unspecified atom stereocenters. The molecular formula is C8H16O2. The van der Waals surface area contributed by atoms with Crippen molar-refractivity contribution in [1.82, 2.24) is 0 Å². The molecule has 1 saturated heterocycles. The zero-order valence-electron chi connectivity index (χ0n) is 7.02. The standard InChI is InChI=1S/C8H16O2/c1-4-5-7-6-9-8(2,3)10-7/h7H,4-6H2,1-3H3. The van der Waals surface area contributed by atoms with E-state index in [9.17, 15) is 0 Å². The molecule has 1 aliphatic heterocycles. The second-order valence-electron chi connectivity index (χ2n) is 3.24. The molecule has 10 heavy (non-hydrogen) atoms. The lowest BCUT2D eigenvalue weighted by atomic mass is 10.2. The monoisotopic (exact) mass is 144 g/mol. The van der Waals surface area contributed by atoms with E-state index in [4.69, 9.17) is 9.47 Å². The number of ether oxygens (including phenoxy) is 2. The van der Waals surface area contributed by atoms with E-state index in [1.54, 1.807) is 0 Å². The summed E-state index contributed by atoms with van der Waals surface area (Å²) < 4.78 is 11.0. The Balaban J connectivity index is 2.29. The maximum absolute atomic E-state index is 5.57. The largest absolute Gasteiger partial charge is 0.348 e. The van der Waals surface area contributed by atoms with E-state index >= 15 is 0 Å². The Hall–Kier alpha value is -0.0800. The summed E-state index contributed by atoms with van der Waals surface area (Å²) in [4.78, 5) is 0.